The van der Waals surface area contributed by atoms with Gasteiger partial charge in [0.2, 0.25) is 5.76 Å². The molecule has 184 valence electrons. The number of carbonyl (C=O) groups is 2. The van der Waals surface area contributed by atoms with Crippen molar-refractivity contribution < 1.29 is 33.3 Å². The van der Waals surface area contributed by atoms with Crippen LogP contribution >= 0.6 is 11.3 Å². The first-order chi connectivity index (χ1) is 17.5. The molecular formula is C26H22N2O7S. The van der Waals surface area contributed by atoms with Crippen LogP contribution in [0.25, 0.3) is 11.3 Å². The van der Waals surface area contributed by atoms with E-state index in [2.05, 4.69) is 4.98 Å². The number of fused-ring (bicyclic) bond motifs is 3. The minimum absolute atomic E-state index is 0.109. The molecule has 0 saturated carbocycles. The van der Waals surface area contributed by atoms with Gasteiger partial charge in [-0.05, 0) is 41.8 Å². The molecule has 3 aromatic heterocycles. The molecule has 9 nitrogen and oxygen atoms in total. The van der Waals surface area contributed by atoms with Crippen molar-refractivity contribution in [3.8, 4) is 17.1 Å². The van der Waals surface area contributed by atoms with Gasteiger partial charge in [0.15, 0.2) is 5.76 Å². The zero-order valence-electron chi connectivity index (χ0n) is 19.6. The molecule has 0 fully saturated rings. The Hall–Kier alpha value is -4.15. The fraction of sp³-hybridized carbons (Fsp3) is 0.192. The van der Waals surface area contributed by atoms with Gasteiger partial charge in [0, 0.05) is 28.4 Å². The zero-order chi connectivity index (χ0) is 25.4. The summed E-state index contributed by atoms with van der Waals surface area (Å²) in [6, 6.07) is 11.7. The smallest absolute Gasteiger partial charge is 0.374 e. The molecule has 5 rings (SSSR count). The first-order valence-electron chi connectivity index (χ1n) is 10.9. The number of anilines is 2. The van der Waals surface area contributed by atoms with Gasteiger partial charge in [-0.3, -0.25) is 4.98 Å². The normalized spacial score (nSPS) is 16.5. The van der Waals surface area contributed by atoms with E-state index >= 15 is 0 Å². The molecule has 36 heavy (non-hydrogen) atoms. The molecule has 0 spiro atoms. The highest BCUT2D eigenvalue weighted by Crippen LogP contribution is 2.54. The third kappa shape index (κ3) is 3.71. The third-order valence-electron chi connectivity index (χ3n) is 6.06. The fourth-order valence-corrected chi connectivity index (χ4v) is 5.27. The molecule has 0 amide bonds. The highest BCUT2D eigenvalue weighted by atomic mass is 32.1. The summed E-state index contributed by atoms with van der Waals surface area (Å²) in [5.41, 5.74) is 2.43. The Balaban J connectivity index is 1.90. The molecule has 0 bridgehead atoms. The SMILES string of the molecule is COC(=O)c1oc2c(c1C(=O)OC)N(c1ccc(OC)cc1)[C@H](c1ccccn1)[C@H](O)c1cscc1-2. The van der Waals surface area contributed by atoms with Crippen LogP contribution in [0, 0.1) is 0 Å². The quantitative estimate of drug-likeness (QED) is 0.377. The van der Waals surface area contributed by atoms with Crippen molar-refractivity contribution in [2.45, 2.75) is 12.1 Å². The van der Waals surface area contributed by atoms with Crippen LogP contribution in [0.5, 0.6) is 5.75 Å². The van der Waals surface area contributed by atoms with E-state index in [1.807, 2.05) is 11.4 Å². The summed E-state index contributed by atoms with van der Waals surface area (Å²) in [6.45, 7) is 0. The third-order valence-corrected chi connectivity index (χ3v) is 6.82. The zero-order valence-corrected chi connectivity index (χ0v) is 20.4. The molecule has 4 heterocycles. The van der Waals surface area contributed by atoms with Crippen LogP contribution in [0.2, 0.25) is 0 Å². The van der Waals surface area contributed by atoms with E-state index < -0.39 is 24.1 Å². The number of aliphatic hydroxyl groups is 1. The van der Waals surface area contributed by atoms with Crippen molar-refractivity contribution in [3.63, 3.8) is 0 Å². The minimum Gasteiger partial charge on any atom is -0.497 e. The van der Waals surface area contributed by atoms with Crippen LogP contribution < -0.4 is 9.64 Å². The molecule has 0 aliphatic carbocycles. The summed E-state index contributed by atoms with van der Waals surface area (Å²) in [4.78, 5) is 32.1. The number of carbonyl (C=O) groups excluding carboxylic acids is 2. The Bertz CT molecular complexity index is 1410. The lowest BCUT2D eigenvalue weighted by atomic mass is 9.98. The van der Waals surface area contributed by atoms with Crippen molar-refractivity contribution >= 4 is 34.7 Å². The lowest BCUT2D eigenvalue weighted by molar-refractivity contribution is 0.0529. The standard InChI is InChI=1S/C26H22N2O7S/c1-32-15-9-7-14(8-10-15)28-20(18-6-4-5-11-27-18)22(29)16-12-36-13-17(16)23-21(28)19(25(30)33-2)24(35-23)26(31)34-3/h4-13,20,22,29H,1-3H3/t20-,22-/m1/s1. The molecule has 1 aliphatic rings. The number of nitrogens with zero attached hydrogens (tertiary/aromatic N) is 2. The molecule has 0 unspecified atom stereocenters. The molecule has 1 N–H and O–H groups in total. The van der Waals surface area contributed by atoms with Gasteiger partial charge in [0.1, 0.15) is 29.1 Å². The summed E-state index contributed by atoms with van der Waals surface area (Å²) in [5.74, 6) is -1.05. The maximum Gasteiger partial charge on any atom is 0.374 e. The van der Waals surface area contributed by atoms with Crippen LogP contribution in [0.3, 0.4) is 0 Å². The maximum atomic E-state index is 13.1. The molecule has 2 atom stereocenters. The topological polar surface area (TPSA) is 111 Å². The number of hydrogen-bond donors (Lipinski definition) is 1. The lowest BCUT2D eigenvalue weighted by Gasteiger charge is -2.35. The van der Waals surface area contributed by atoms with Gasteiger partial charge in [0.05, 0.1) is 27.0 Å². The Kier molecular flexibility index (Phi) is 6.21. The molecule has 1 aromatic carbocycles. The Morgan fingerprint density at radius 1 is 1.03 bits per heavy atom. The van der Waals surface area contributed by atoms with Crippen LogP contribution in [-0.2, 0) is 9.47 Å². The van der Waals surface area contributed by atoms with E-state index in [1.165, 1.54) is 25.6 Å². The van der Waals surface area contributed by atoms with Gasteiger partial charge in [-0.15, -0.1) is 0 Å². The van der Waals surface area contributed by atoms with E-state index in [9.17, 15) is 14.7 Å². The number of methoxy groups -OCH3 is 3. The van der Waals surface area contributed by atoms with Crippen molar-refractivity contribution in [1.82, 2.24) is 4.98 Å². The second-order valence-corrected chi connectivity index (χ2v) is 8.66. The Morgan fingerprint density at radius 2 is 1.78 bits per heavy atom. The van der Waals surface area contributed by atoms with E-state index in [4.69, 9.17) is 18.6 Å². The summed E-state index contributed by atoms with van der Waals surface area (Å²) < 4.78 is 21.3. The van der Waals surface area contributed by atoms with Gasteiger partial charge >= 0.3 is 11.9 Å². The van der Waals surface area contributed by atoms with E-state index in [0.29, 0.717) is 28.3 Å². The highest BCUT2D eigenvalue weighted by molar-refractivity contribution is 7.08. The largest absolute Gasteiger partial charge is 0.497 e. The number of thiophene rings is 1. The van der Waals surface area contributed by atoms with Gasteiger partial charge in [-0.1, -0.05) is 6.07 Å². The Morgan fingerprint density at radius 3 is 2.42 bits per heavy atom. The second kappa shape index (κ2) is 9.48. The number of furan rings is 1. The number of hydrogen-bond acceptors (Lipinski definition) is 10. The number of rotatable bonds is 5. The van der Waals surface area contributed by atoms with Crippen LogP contribution in [-0.4, -0.2) is 43.4 Å². The summed E-state index contributed by atoms with van der Waals surface area (Å²) in [7, 11) is 3.98. The lowest BCUT2D eigenvalue weighted by Crippen LogP contribution is -2.30. The first-order valence-corrected chi connectivity index (χ1v) is 11.9. The molecule has 4 aromatic rings. The first kappa shape index (κ1) is 23.6. The predicted molar refractivity (Wildman–Crippen MR) is 132 cm³/mol. The van der Waals surface area contributed by atoms with Gasteiger partial charge in [-0.25, -0.2) is 9.59 Å². The minimum atomic E-state index is -1.06. The van der Waals surface area contributed by atoms with Crippen molar-refractivity contribution in [3.05, 3.63) is 82.0 Å². The van der Waals surface area contributed by atoms with Crippen LogP contribution in [0.15, 0.2) is 63.8 Å². The Labute approximate surface area is 210 Å². The number of esters is 2. The molecule has 0 saturated heterocycles. The van der Waals surface area contributed by atoms with Crippen molar-refractivity contribution in [1.29, 1.82) is 0 Å². The van der Waals surface area contributed by atoms with E-state index in [-0.39, 0.29) is 22.8 Å². The van der Waals surface area contributed by atoms with Crippen LogP contribution in [0.1, 0.15) is 44.3 Å². The maximum absolute atomic E-state index is 13.1. The van der Waals surface area contributed by atoms with Gasteiger partial charge < -0.3 is 28.6 Å². The van der Waals surface area contributed by atoms with E-state index in [1.54, 1.807) is 60.0 Å². The number of pyridine rings is 1. The predicted octanol–water partition coefficient (Wildman–Crippen LogP) is 4.91. The number of aromatic nitrogens is 1. The average molecular weight is 507 g/mol. The summed E-state index contributed by atoms with van der Waals surface area (Å²) in [5, 5.41) is 15.3. The average Bonchev–Trinajstić information content (AvgIpc) is 3.54. The highest BCUT2D eigenvalue weighted by Gasteiger charge is 2.44. The van der Waals surface area contributed by atoms with Gasteiger partial charge in [-0.2, -0.15) is 11.3 Å². The van der Waals surface area contributed by atoms with E-state index in [0.717, 1.165) is 0 Å². The molecule has 10 heteroatoms. The van der Waals surface area contributed by atoms with Gasteiger partial charge in [0.25, 0.3) is 0 Å². The van der Waals surface area contributed by atoms with Crippen molar-refractivity contribution in [2.24, 2.45) is 0 Å². The number of benzene rings is 1. The number of aliphatic hydroxyl groups excluding tert-OH is 1. The fourth-order valence-electron chi connectivity index (χ4n) is 4.41. The molecule has 0 radical (unpaired) electrons. The monoisotopic (exact) mass is 506 g/mol. The van der Waals surface area contributed by atoms with Crippen LogP contribution in [0.4, 0.5) is 11.4 Å². The second-order valence-electron chi connectivity index (χ2n) is 7.92. The summed E-state index contributed by atoms with van der Waals surface area (Å²) >= 11 is 1.37. The molecule has 1 aliphatic heterocycles. The summed E-state index contributed by atoms with van der Waals surface area (Å²) in [6.07, 6.45) is 0.573. The number of ether oxygens (including phenoxy) is 3. The molecular weight excluding hydrogens is 484 g/mol. The van der Waals surface area contributed by atoms with Crippen molar-refractivity contribution in [2.75, 3.05) is 26.2 Å².